The smallest absolute Gasteiger partial charge is 0.264 e. The van der Waals surface area contributed by atoms with Gasteiger partial charge < -0.3 is 10.1 Å². The van der Waals surface area contributed by atoms with Gasteiger partial charge in [0.25, 0.3) is 10.0 Å². The SMILES string of the molecule is Cc1ccc(S(=O)(=O)N(CC(=O)Nc2cccc(OC(C)C)c2)c2cccc(Cl)c2C)cc1. The van der Waals surface area contributed by atoms with Crippen molar-refractivity contribution in [3.63, 3.8) is 0 Å². The second-order valence-electron chi connectivity index (χ2n) is 7.95. The molecule has 8 heteroatoms. The Labute approximate surface area is 200 Å². The van der Waals surface area contributed by atoms with Crippen LogP contribution in [0.25, 0.3) is 0 Å². The van der Waals surface area contributed by atoms with E-state index < -0.39 is 22.5 Å². The number of nitrogens with zero attached hydrogens (tertiary/aromatic N) is 1. The Balaban J connectivity index is 1.94. The van der Waals surface area contributed by atoms with Crippen LogP contribution in [-0.4, -0.2) is 27.0 Å². The number of benzene rings is 3. The molecule has 0 aliphatic carbocycles. The van der Waals surface area contributed by atoms with E-state index in [0.29, 0.717) is 27.7 Å². The minimum Gasteiger partial charge on any atom is -0.491 e. The highest BCUT2D eigenvalue weighted by atomic mass is 35.5. The van der Waals surface area contributed by atoms with Gasteiger partial charge in [0.1, 0.15) is 12.3 Å². The maximum Gasteiger partial charge on any atom is 0.264 e. The molecule has 0 radical (unpaired) electrons. The number of hydrogen-bond acceptors (Lipinski definition) is 4. The van der Waals surface area contributed by atoms with Crippen molar-refractivity contribution < 1.29 is 17.9 Å². The summed E-state index contributed by atoms with van der Waals surface area (Å²) in [6.45, 7) is 6.99. The van der Waals surface area contributed by atoms with E-state index in [1.165, 1.54) is 12.1 Å². The Morgan fingerprint density at radius 3 is 2.36 bits per heavy atom. The van der Waals surface area contributed by atoms with Crippen molar-refractivity contribution >= 4 is 38.9 Å². The number of hydrogen-bond donors (Lipinski definition) is 1. The molecule has 3 aromatic carbocycles. The number of nitrogens with one attached hydrogen (secondary N) is 1. The first-order valence-corrected chi connectivity index (χ1v) is 12.3. The van der Waals surface area contributed by atoms with Crippen LogP contribution < -0.4 is 14.4 Å². The number of halogens is 1. The number of rotatable bonds is 8. The van der Waals surface area contributed by atoms with Gasteiger partial charge in [0.2, 0.25) is 5.91 Å². The van der Waals surface area contributed by atoms with Gasteiger partial charge in [-0.15, -0.1) is 0 Å². The molecule has 0 heterocycles. The quantitative estimate of drug-likeness (QED) is 0.451. The van der Waals surface area contributed by atoms with Gasteiger partial charge in [-0.25, -0.2) is 8.42 Å². The summed E-state index contributed by atoms with van der Waals surface area (Å²) in [5, 5.41) is 3.18. The van der Waals surface area contributed by atoms with Crippen molar-refractivity contribution in [3.05, 3.63) is 82.9 Å². The first-order valence-electron chi connectivity index (χ1n) is 10.5. The van der Waals surface area contributed by atoms with Gasteiger partial charge in [0, 0.05) is 16.8 Å². The average Bonchev–Trinajstić information content (AvgIpc) is 2.74. The van der Waals surface area contributed by atoms with Crippen LogP contribution in [0.3, 0.4) is 0 Å². The molecule has 0 aromatic heterocycles. The normalized spacial score (nSPS) is 11.3. The van der Waals surface area contributed by atoms with Crippen LogP contribution in [-0.2, 0) is 14.8 Å². The lowest BCUT2D eigenvalue weighted by Gasteiger charge is -2.26. The van der Waals surface area contributed by atoms with Crippen LogP contribution in [0.1, 0.15) is 25.0 Å². The molecule has 0 atom stereocenters. The summed E-state index contributed by atoms with van der Waals surface area (Å²) in [4.78, 5) is 13.1. The summed E-state index contributed by atoms with van der Waals surface area (Å²) in [7, 11) is -4.03. The molecule has 6 nitrogen and oxygen atoms in total. The predicted molar refractivity (Wildman–Crippen MR) is 133 cm³/mol. The van der Waals surface area contributed by atoms with Crippen LogP contribution >= 0.6 is 11.6 Å². The third-order valence-electron chi connectivity index (χ3n) is 4.89. The third kappa shape index (κ3) is 6.06. The molecule has 0 saturated heterocycles. The molecular weight excluding hydrogens is 460 g/mol. The largest absolute Gasteiger partial charge is 0.491 e. The fraction of sp³-hybridized carbons (Fsp3) is 0.240. The maximum atomic E-state index is 13.6. The zero-order chi connectivity index (χ0) is 24.2. The molecule has 0 spiro atoms. The summed E-state index contributed by atoms with van der Waals surface area (Å²) in [6, 6.07) is 18.4. The summed E-state index contributed by atoms with van der Waals surface area (Å²) in [5.74, 6) is 0.115. The lowest BCUT2D eigenvalue weighted by atomic mass is 10.2. The third-order valence-corrected chi connectivity index (χ3v) is 7.08. The summed E-state index contributed by atoms with van der Waals surface area (Å²) < 4.78 is 33.9. The minimum atomic E-state index is -4.03. The number of sulfonamides is 1. The highest BCUT2D eigenvalue weighted by molar-refractivity contribution is 7.92. The molecule has 3 aromatic rings. The fourth-order valence-corrected chi connectivity index (χ4v) is 4.90. The molecule has 3 rings (SSSR count). The number of amides is 1. The van der Waals surface area contributed by atoms with Crippen molar-refractivity contribution in [1.29, 1.82) is 0 Å². The van der Waals surface area contributed by atoms with Gasteiger partial charge in [0.05, 0.1) is 16.7 Å². The molecule has 0 aliphatic heterocycles. The number of carbonyl (C=O) groups excluding carboxylic acids is 1. The van der Waals surface area contributed by atoms with Crippen LogP contribution in [0.4, 0.5) is 11.4 Å². The zero-order valence-electron chi connectivity index (χ0n) is 19.0. The van der Waals surface area contributed by atoms with E-state index in [-0.39, 0.29) is 11.0 Å². The zero-order valence-corrected chi connectivity index (χ0v) is 20.6. The standard InChI is InChI=1S/C25H27ClN2O4S/c1-17(2)32-21-8-5-7-20(15-21)27-25(29)16-28(24-10-6-9-23(26)19(24)4)33(30,31)22-13-11-18(3)12-14-22/h5-15,17H,16H2,1-4H3,(H,27,29). The van der Waals surface area contributed by atoms with Crippen LogP contribution in [0.2, 0.25) is 5.02 Å². The molecule has 0 bridgehead atoms. The predicted octanol–water partition coefficient (Wildman–Crippen LogP) is 5.58. The van der Waals surface area contributed by atoms with Crippen molar-refractivity contribution in [2.24, 2.45) is 0 Å². The molecule has 1 N–H and O–H groups in total. The van der Waals surface area contributed by atoms with E-state index in [1.807, 2.05) is 20.8 Å². The topological polar surface area (TPSA) is 75.7 Å². The second-order valence-corrected chi connectivity index (χ2v) is 10.2. The van der Waals surface area contributed by atoms with Gasteiger partial charge >= 0.3 is 0 Å². The van der Waals surface area contributed by atoms with Crippen LogP contribution in [0.15, 0.2) is 71.6 Å². The van der Waals surface area contributed by atoms with Gasteiger partial charge in [-0.2, -0.15) is 0 Å². The van der Waals surface area contributed by atoms with E-state index in [9.17, 15) is 13.2 Å². The molecule has 174 valence electrons. The minimum absolute atomic E-state index is 0.0168. The van der Waals surface area contributed by atoms with Crippen molar-refractivity contribution in [2.45, 2.75) is 38.7 Å². The Morgan fingerprint density at radius 1 is 1.03 bits per heavy atom. The van der Waals surface area contributed by atoms with Gasteiger partial charge in [-0.05, 0) is 69.7 Å². The van der Waals surface area contributed by atoms with E-state index in [2.05, 4.69) is 5.32 Å². The van der Waals surface area contributed by atoms with E-state index in [0.717, 1.165) is 9.87 Å². The Morgan fingerprint density at radius 2 is 1.70 bits per heavy atom. The van der Waals surface area contributed by atoms with Crippen LogP contribution in [0, 0.1) is 13.8 Å². The maximum absolute atomic E-state index is 13.6. The molecule has 0 fully saturated rings. The second kappa shape index (κ2) is 10.3. The summed E-state index contributed by atoms with van der Waals surface area (Å²) in [5.41, 5.74) is 2.35. The van der Waals surface area contributed by atoms with E-state index >= 15 is 0 Å². The number of anilines is 2. The van der Waals surface area contributed by atoms with Crippen molar-refractivity contribution in [2.75, 3.05) is 16.2 Å². The molecule has 0 unspecified atom stereocenters. The highest BCUT2D eigenvalue weighted by Gasteiger charge is 2.28. The van der Waals surface area contributed by atoms with Crippen molar-refractivity contribution in [3.8, 4) is 5.75 Å². The Hall–Kier alpha value is -3.03. The lowest BCUT2D eigenvalue weighted by molar-refractivity contribution is -0.114. The first-order chi connectivity index (χ1) is 15.6. The molecule has 0 aliphatic rings. The molecule has 1 amide bonds. The fourth-order valence-electron chi connectivity index (χ4n) is 3.25. The Kier molecular flexibility index (Phi) is 7.66. The van der Waals surface area contributed by atoms with Gasteiger partial charge in [-0.1, -0.05) is 41.4 Å². The lowest BCUT2D eigenvalue weighted by Crippen LogP contribution is -2.38. The van der Waals surface area contributed by atoms with Gasteiger partial charge in [0.15, 0.2) is 0 Å². The molecular formula is C25H27ClN2O4S. The highest BCUT2D eigenvalue weighted by Crippen LogP contribution is 2.31. The van der Waals surface area contributed by atoms with E-state index in [4.69, 9.17) is 16.3 Å². The van der Waals surface area contributed by atoms with E-state index in [1.54, 1.807) is 61.5 Å². The van der Waals surface area contributed by atoms with Crippen LogP contribution in [0.5, 0.6) is 5.75 Å². The first kappa shape index (κ1) is 24.6. The number of carbonyl (C=O) groups is 1. The summed E-state index contributed by atoms with van der Waals surface area (Å²) in [6.07, 6.45) is -0.0168. The monoisotopic (exact) mass is 486 g/mol. The van der Waals surface area contributed by atoms with Gasteiger partial charge in [-0.3, -0.25) is 9.10 Å². The number of aryl methyl sites for hydroxylation is 1. The molecule has 0 saturated carbocycles. The number of ether oxygens (including phenoxy) is 1. The van der Waals surface area contributed by atoms with Crippen molar-refractivity contribution in [1.82, 2.24) is 0 Å². The average molecular weight is 487 g/mol. The summed E-state index contributed by atoms with van der Waals surface area (Å²) >= 11 is 6.26. The molecule has 33 heavy (non-hydrogen) atoms. The Bertz CT molecular complexity index is 1240.